The minimum Gasteiger partial charge on any atom is -0.369 e. The van der Waals surface area contributed by atoms with Crippen molar-refractivity contribution in [3.8, 4) is 0 Å². The number of benzene rings is 1. The van der Waals surface area contributed by atoms with E-state index < -0.39 is 0 Å². The number of aryl methyl sites for hydroxylation is 1. The van der Waals surface area contributed by atoms with Crippen molar-refractivity contribution in [1.29, 1.82) is 0 Å². The predicted octanol–water partition coefficient (Wildman–Crippen LogP) is 1.83. The highest BCUT2D eigenvalue weighted by Gasteiger charge is 2.26. The standard InChI is InChI=1S/C16H27N3O/c1-11(2)9-19(10-15(18)20)16(13(4)17)14-8-6-5-7-12(14)3/h5-8,11,13,16H,9-10,17H2,1-4H3,(H2,18,20). The fourth-order valence-electron chi connectivity index (χ4n) is 2.68. The first-order valence-corrected chi connectivity index (χ1v) is 7.16. The lowest BCUT2D eigenvalue weighted by molar-refractivity contribution is -0.120. The number of amides is 1. The van der Waals surface area contributed by atoms with Gasteiger partial charge in [0, 0.05) is 12.6 Å². The van der Waals surface area contributed by atoms with Gasteiger partial charge in [-0.15, -0.1) is 0 Å². The summed E-state index contributed by atoms with van der Waals surface area (Å²) in [7, 11) is 0. The number of nitrogens with two attached hydrogens (primary N) is 2. The van der Waals surface area contributed by atoms with Crippen LogP contribution in [0.15, 0.2) is 24.3 Å². The Morgan fingerprint density at radius 3 is 2.30 bits per heavy atom. The zero-order chi connectivity index (χ0) is 15.3. The van der Waals surface area contributed by atoms with Crippen molar-refractivity contribution in [3.63, 3.8) is 0 Å². The molecule has 1 aromatic carbocycles. The summed E-state index contributed by atoms with van der Waals surface area (Å²) in [5, 5.41) is 0. The van der Waals surface area contributed by atoms with Gasteiger partial charge < -0.3 is 11.5 Å². The van der Waals surface area contributed by atoms with E-state index in [9.17, 15) is 4.79 Å². The van der Waals surface area contributed by atoms with E-state index in [1.807, 2.05) is 19.1 Å². The van der Waals surface area contributed by atoms with Crippen LogP contribution < -0.4 is 11.5 Å². The molecule has 0 bridgehead atoms. The number of carbonyl (C=O) groups is 1. The summed E-state index contributed by atoms with van der Waals surface area (Å²) in [6.07, 6.45) is 0. The van der Waals surface area contributed by atoms with Crippen LogP contribution in [0.5, 0.6) is 0 Å². The Morgan fingerprint density at radius 2 is 1.85 bits per heavy atom. The molecule has 1 amide bonds. The average Bonchev–Trinajstić information content (AvgIpc) is 2.29. The molecule has 0 spiro atoms. The SMILES string of the molecule is Cc1ccccc1C(C(C)N)N(CC(N)=O)CC(C)C. The molecular formula is C16H27N3O. The highest BCUT2D eigenvalue weighted by molar-refractivity contribution is 5.76. The lowest BCUT2D eigenvalue weighted by Crippen LogP contribution is -2.45. The predicted molar refractivity (Wildman–Crippen MR) is 83.2 cm³/mol. The largest absolute Gasteiger partial charge is 0.369 e. The molecule has 1 aromatic rings. The van der Waals surface area contributed by atoms with Crippen molar-refractivity contribution < 1.29 is 4.79 Å². The Labute approximate surface area is 122 Å². The number of primary amides is 1. The summed E-state index contributed by atoms with van der Waals surface area (Å²) in [6, 6.07) is 8.11. The van der Waals surface area contributed by atoms with Gasteiger partial charge in [0.05, 0.1) is 12.6 Å². The molecule has 0 saturated carbocycles. The third kappa shape index (κ3) is 4.62. The van der Waals surface area contributed by atoms with Crippen LogP contribution in [0, 0.1) is 12.8 Å². The van der Waals surface area contributed by atoms with Crippen LogP contribution in [0.1, 0.15) is 37.9 Å². The van der Waals surface area contributed by atoms with E-state index >= 15 is 0 Å². The summed E-state index contributed by atoms with van der Waals surface area (Å²) < 4.78 is 0. The van der Waals surface area contributed by atoms with Crippen molar-refractivity contribution in [1.82, 2.24) is 4.90 Å². The van der Waals surface area contributed by atoms with Crippen LogP contribution in [0.3, 0.4) is 0 Å². The van der Waals surface area contributed by atoms with Crippen molar-refractivity contribution in [3.05, 3.63) is 35.4 Å². The molecule has 112 valence electrons. The van der Waals surface area contributed by atoms with E-state index in [1.165, 1.54) is 11.1 Å². The fraction of sp³-hybridized carbons (Fsp3) is 0.562. The molecule has 2 unspecified atom stereocenters. The van der Waals surface area contributed by atoms with Gasteiger partial charge >= 0.3 is 0 Å². The summed E-state index contributed by atoms with van der Waals surface area (Å²) >= 11 is 0. The lowest BCUT2D eigenvalue weighted by atomic mass is 9.94. The van der Waals surface area contributed by atoms with E-state index in [1.54, 1.807) is 0 Å². The minimum atomic E-state index is -0.315. The number of nitrogens with zero attached hydrogens (tertiary/aromatic N) is 1. The fourth-order valence-corrected chi connectivity index (χ4v) is 2.68. The molecule has 1 rings (SSSR count). The Morgan fingerprint density at radius 1 is 1.25 bits per heavy atom. The quantitative estimate of drug-likeness (QED) is 0.798. The molecule has 4 nitrogen and oxygen atoms in total. The third-order valence-electron chi connectivity index (χ3n) is 3.36. The van der Waals surface area contributed by atoms with E-state index in [4.69, 9.17) is 11.5 Å². The molecule has 0 heterocycles. The first-order valence-electron chi connectivity index (χ1n) is 7.16. The highest BCUT2D eigenvalue weighted by Crippen LogP contribution is 2.27. The summed E-state index contributed by atoms with van der Waals surface area (Å²) in [6.45, 7) is 9.34. The Bertz CT molecular complexity index is 443. The number of hydrogen-bond donors (Lipinski definition) is 2. The Balaban J connectivity index is 3.13. The van der Waals surface area contributed by atoms with Crippen molar-refractivity contribution in [2.75, 3.05) is 13.1 Å². The van der Waals surface area contributed by atoms with Gasteiger partial charge in [-0.25, -0.2) is 0 Å². The zero-order valence-corrected chi connectivity index (χ0v) is 13.0. The van der Waals surface area contributed by atoms with Crippen LogP contribution in [0.2, 0.25) is 0 Å². The molecule has 0 saturated heterocycles. The second-order valence-corrected chi connectivity index (χ2v) is 5.95. The van der Waals surface area contributed by atoms with E-state index in [2.05, 4.69) is 37.8 Å². The van der Waals surface area contributed by atoms with E-state index in [-0.39, 0.29) is 24.5 Å². The number of carbonyl (C=O) groups excluding carboxylic acids is 1. The van der Waals surface area contributed by atoms with Crippen molar-refractivity contribution >= 4 is 5.91 Å². The molecule has 0 aliphatic heterocycles. The van der Waals surface area contributed by atoms with Gasteiger partial charge in [-0.2, -0.15) is 0 Å². The maximum atomic E-state index is 11.4. The van der Waals surface area contributed by atoms with Crippen LogP contribution >= 0.6 is 0 Å². The topological polar surface area (TPSA) is 72.3 Å². The van der Waals surface area contributed by atoms with Gasteiger partial charge in [0.1, 0.15) is 0 Å². The summed E-state index contributed by atoms with van der Waals surface area (Å²) in [4.78, 5) is 13.5. The van der Waals surface area contributed by atoms with E-state index in [0.717, 1.165) is 6.54 Å². The average molecular weight is 277 g/mol. The molecule has 0 fully saturated rings. The van der Waals surface area contributed by atoms with Gasteiger partial charge in [-0.1, -0.05) is 38.1 Å². The van der Waals surface area contributed by atoms with Gasteiger partial charge in [0.15, 0.2) is 0 Å². The van der Waals surface area contributed by atoms with Crippen LogP contribution in [-0.2, 0) is 4.79 Å². The highest BCUT2D eigenvalue weighted by atomic mass is 16.1. The molecule has 2 atom stereocenters. The van der Waals surface area contributed by atoms with E-state index in [0.29, 0.717) is 5.92 Å². The molecule has 4 N–H and O–H groups in total. The molecule has 0 aromatic heterocycles. The van der Waals surface area contributed by atoms with Crippen LogP contribution in [0.25, 0.3) is 0 Å². The van der Waals surface area contributed by atoms with Gasteiger partial charge in [0.25, 0.3) is 0 Å². The normalized spacial score (nSPS) is 14.6. The van der Waals surface area contributed by atoms with Crippen LogP contribution in [0.4, 0.5) is 0 Å². The first-order chi connectivity index (χ1) is 9.32. The monoisotopic (exact) mass is 277 g/mol. The van der Waals surface area contributed by atoms with Crippen molar-refractivity contribution in [2.45, 2.75) is 39.8 Å². The summed E-state index contributed by atoms with van der Waals surface area (Å²) in [5.41, 5.74) is 14.0. The molecule has 0 radical (unpaired) electrons. The lowest BCUT2D eigenvalue weighted by Gasteiger charge is -2.35. The molecule has 20 heavy (non-hydrogen) atoms. The van der Waals surface area contributed by atoms with Crippen LogP contribution in [-0.4, -0.2) is 29.9 Å². The third-order valence-corrected chi connectivity index (χ3v) is 3.36. The maximum absolute atomic E-state index is 11.4. The molecular weight excluding hydrogens is 250 g/mol. The number of rotatable bonds is 7. The first kappa shape index (κ1) is 16.7. The molecule has 0 aliphatic carbocycles. The van der Waals surface area contributed by atoms with Gasteiger partial charge in [-0.3, -0.25) is 9.69 Å². The smallest absolute Gasteiger partial charge is 0.231 e. The molecule has 0 aliphatic rings. The number of hydrogen-bond acceptors (Lipinski definition) is 3. The Hall–Kier alpha value is -1.39. The Kier molecular flexibility index (Phi) is 6.17. The van der Waals surface area contributed by atoms with Crippen molar-refractivity contribution in [2.24, 2.45) is 17.4 Å². The molecule has 4 heteroatoms. The second kappa shape index (κ2) is 7.41. The maximum Gasteiger partial charge on any atom is 0.231 e. The second-order valence-electron chi connectivity index (χ2n) is 5.95. The summed E-state index contributed by atoms with van der Waals surface area (Å²) in [5.74, 6) is 0.129. The zero-order valence-electron chi connectivity index (χ0n) is 13.0. The van der Waals surface area contributed by atoms with Gasteiger partial charge in [0.2, 0.25) is 5.91 Å². The van der Waals surface area contributed by atoms with Gasteiger partial charge in [-0.05, 0) is 30.9 Å². The minimum absolute atomic E-state index is 0.00565.